The molecule has 2 heterocycles. The number of pyridine rings is 1. The second-order valence-electron chi connectivity index (χ2n) is 9.41. The van der Waals surface area contributed by atoms with E-state index in [9.17, 15) is 18.0 Å². The number of benzene rings is 1. The van der Waals surface area contributed by atoms with Crippen molar-refractivity contribution in [3.63, 3.8) is 0 Å². The zero-order valence-corrected chi connectivity index (χ0v) is 19.8. The third-order valence-corrected chi connectivity index (χ3v) is 8.87. The number of piperidine rings is 1. The number of amides is 1. The molecule has 0 unspecified atom stereocenters. The standard InChI is InChI=1S/C24H33N3O4S/c1-17-11-13-27(14-12-17)32(30,31)19-9-10-22-20(15-19)23(28)21(16-26(22)2)24(29)25-18-7-5-3-4-6-8-18/h9-10,15-18H,3-8,11-14H2,1-2H3,(H,25,29). The maximum absolute atomic E-state index is 13.2. The van der Waals surface area contributed by atoms with E-state index in [0.29, 0.717) is 24.5 Å². The number of hydrogen-bond donors (Lipinski definition) is 1. The molecule has 1 aromatic carbocycles. The van der Waals surface area contributed by atoms with Gasteiger partial charge in [-0.1, -0.05) is 32.6 Å². The molecule has 0 bridgehead atoms. The molecule has 1 N–H and O–H groups in total. The van der Waals surface area contributed by atoms with E-state index in [2.05, 4.69) is 12.2 Å². The molecule has 1 aliphatic heterocycles. The molecule has 8 heteroatoms. The zero-order valence-electron chi connectivity index (χ0n) is 19.0. The van der Waals surface area contributed by atoms with Crippen LogP contribution in [-0.4, -0.2) is 42.3 Å². The summed E-state index contributed by atoms with van der Waals surface area (Å²) in [6, 6.07) is 4.73. The van der Waals surface area contributed by atoms with Gasteiger partial charge >= 0.3 is 0 Å². The normalized spacial score (nSPS) is 19.7. The molecule has 1 saturated heterocycles. The molecule has 1 aliphatic carbocycles. The third kappa shape index (κ3) is 4.62. The number of rotatable bonds is 4. The van der Waals surface area contributed by atoms with Crippen LogP contribution >= 0.6 is 0 Å². The van der Waals surface area contributed by atoms with Gasteiger partial charge < -0.3 is 9.88 Å². The number of carbonyl (C=O) groups excluding carboxylic acids is 1. The van der Waals surface area contributed by atoms with E-state index in [-0.39, 0.29) is 27.8 Å². The highest BCUT2D eigenvalue weighted by Crippen LogP contribution is 2.25. The van der Waals surface area contributed by atoms with Crippen LogP contribution in [0.3, 0.4) is 0 Å². The van der Waals surface area contributed by atoms with Crippen LogP contribution < -0.4 is 10.7 Å². The number of aryl methyl sites for hydroxylation is 1. The molecule has 2 fully saturated rings. The first-order valence-electron chi connectivity index (χ1n) is 11.7. The van der Waals surface area contributed by atoms with Crippen molar-refractivity contribution in [2.24, 2.45) is 13.0 Å². The highest BCUT2D eigenvalue weighted by molar-refractivity contribution is 7.89. The fraction of sp³-hybridized carbons (Fsp3) is 0.583. The average molecular weight is 460 g/mol. The minimum Gasteiger partial charge on any atom is -0.350 e. The Balaban J connectivity index is 1.67. The molecule has 32 heavy (non-hydrogen) atoms. The predicted molar refractivity (Wildman–Crippen MR) is 125 cm³/mol. The number of carbonyl (C=O) groups is 1. The minimum absolute atomic E-state index is 0.0607. The number of nitrogens with one attached hydrogen (secondary N) is 1. The summed E-state index contributed by atoms with van der Waals surface area (Å²) >= 11 is 0. The number of sulfonamides is 1. The fourth-order valence-corrected chi connectivity index (χ4v) is 6.35. The van der Waals surface area contributed by atoms with Crippen molar-refractivity contribution in [3.8, 4) is 0 Å². The van der Waals surface area contributed by atoms with Crippen molar-refractivity contribution >= 4 is 26.8 Å². The Labute approximate surface area is 189 Å². The van der Waals surface area contributed by atoms with Gasteiger partial charge in [-0.2, -0.15) is 4.31 Å². The van der Waals surface area contributed by atoms with E-state index in [1.165, 1.54) is 23.2 Å². The minimum atomic E-state index is -3.68. The van der Waals surface area contributed by atoms with E-state index in [1.807, 2.05) is 0 Å². The van der Waals surface area contributed by atoms with Gasteiger partial charge in [-0.25, -0.2) is 8.42 Å². The lowest BCUT2D eigenvalue weighted by molar-refractivity contribution is 0.0931. The molecule has 1 amide bonds. The monoisotopic (exact) mass is 459 g/mol. The van der Waals surface area contributed by atoms with Gasteiger partial charge in [0.05, 0.1) is 10.4 Å². The van der Waals surface area contributed by atoms with Crippen molar-refractivity contribution in [1.29, 1.82) is 0 Å². The van der Waals surface area contributed by atoms with Gasteiger partial charge in [-0.15, -0.1) is 0 Å². The highest BCUT2D eigenvalue weighted by Gasteiger charge is 2.29. The van der Waals surface area contributed by atoms with Crippen LogP contribution in [0, 0.1) is 5.92 Å². The molecule has 7 nitrogen and oxygen atoms in total. The van der Waals surface area contributed by atoms with Gasteiger partial charge in [0.2, 0.25) is 15.5 Å². The van der Waals surface area contributed by atoms with Gasteiger partial charge in [0, 0.05) is 37.8 Å². The molecule has 1 saturated carbocycles. The molecular formula is C24H33N3O4S. The van der Waals surface area contributed by atoms with E-state index >= 15 is 0 Å². The summed E-state index contributed by atoms with van der Waals surface area (Å²) in [5, 5.41) is 3.29. The Bertz CT molecular complexity index is 1160. The lowest BCUT2D eigenvalue weighted by Crippen LogP contribution is -2.38. The lowest BCUT2D eigenvalue weighted by atomic mass is 10.0. The smallest absolute Gasteiger partial charge is 0.256 e. The van der Waals surface area contributed by atoms with Crippen molar-refractivity contribution in [3.05, 3.63) is 40.2 Å². The van der Waals surface area contributed by atoms with Gasteiger partial charge in [0.15, 0.2) is 0 Å². The molecule has 174 valence electrons. The molecule has 4 rings (SSSR count). The molecule has 1 aromatic heterocycles. The van der Waals surface area contributed by atoms with Crippen LogP contribution in [0.1, 0.15) is 68.6 Å². The summed E-state index contributed by atoms with van der Waals surface area (Å²) in [7, 11) is -1.91. The van der Waals surface area contributed by atoms with Crippen LogP contribution in [0.25, 0.3) is 10.9 Å². The molecule has 2 aliphatic rings. The summed E-state index contributed by atoms with van der Waals surface area (Å²) in [5.41, 5.74) is 0.242. The summed E-state index contributed by atoms with van der Waals surface area (Å²) in [4.78, 5) is 26.3. The van der Waals surface area contributed by atoms with Gasteiger partial charge in [0.25, 0.3) is 5.91 Å². The Hall–Kier alpha value is -2.19. The average Bonchev–Trinajstić information content (AvgIpc) is 3.04. The number of hydrogen-bond acceptors (Lipinski definition) is 4. The molecule has 2 aromatic rings. The van der Waals surface area contributed by atoms with Crippen molar-refractivity contribution < 1.29 is 13.2 Å². The Morgan fingerprint density at radius 3 is 2.34 bits per heavy atom. The third-order valence-electron chi connectivity index (χ3n) is 6.98. The predicted octanol–water partition coefficient (Wildman–Crippen LogP) is 3.41. The van der Waals surface area contributed by atoms with Crippen molar-refractivity contribution in [1.82, 2.24) is 14.2 Å². The molecule has 0 radical (unpaired) electrons. The Morgan fingerprint density at radius 1 is 1.03 bits per heavy atom. The molecule has 0 spiro atoms. The molecular weight excluding hydrogens is 426 g/mol. The summed E-state index contributed by atoms with van der Waals surface area (Å²) < 4.78 is 29.6. The van der Waals surface area contributed by atoms with E-state index < -0.39 is 15.5 Å². The van der Waals surface area contributed by atoms with Crippen LogP contribution in [-0.2, 0) is 17.1 Å². The lowest BCUT2D eigenvalue weighted by Gasteiger charge is -2.29. The first kappa shape index (κ1) is 23.0. The summed E-state index contributed by atoms with van der Waals surface area (Å²) in [6.07, 6.45) is 9.59. The van der Waals surface area contributed by atoms with E-state index in [1.54, 1.807) is 29.9 Å². The summed E-state index contributed by atoms with van der Waals surface area (Å²) in [6.45, 7) is 3.11. The van der Waals surface area contributed by atoms with E-state index in [0.717, 1.165) is 38.5 Å². The second-order valence-corrected chi connectivity index (χ2v) is 11.3. The number of nitrogens with zero attached hydrogens (tertiary/aromatic N) is 2. The van der Waals surface area contributed by atoms with Crippen LogP contribution in [0.5, 0.6) is 0 Å². The SMILES string of the molecule is CC1CCN(S(=O)(=O)c2ccc3c(c2)c(=O)c(C(=O)NC2CCCCCC2)cn3C)CC1. The fourth-order valence-electron chi connectivity index (χ4n) is 4.85. The maximum Gasteiger partial charge on any atom is 0.256 e. The highest BCUT2D eigenvalue weighted by atomic mass is 32.2. The van der Waals surface area contributed by atoms with Gasteiger partial charge in [0.1, 0.15) is 5.56 Å². The Kier molecular flexibility index (Phi) is 6.72. The van der Waals surface area contributed by atoms with Crippen LogP contribution in [0.2, 0.25) is 0 Å². The quantitative estimate of drug-likeness (QED) is 0.710. The van der Waals surface area contributed by atoms with Gasteiger partial charge in [-0.3, -0.25) is 9.59 Å². The largest absolute Gasteiger partial charge is 0.350 e. The van der Waals surface area contributed by atoms with Crippen LogP contribution in [0.15, 0.2) is 34.1 Å². The topological polar surface area (TPSA) is 88.5 Å². The van der Waals surface area contributed by atoms with E-state index in [4.69, 9.17) is 0 Å². The first-order chi connectivity index (χ1) is 15.3. The number of fused-ring (bicyclic) bond motifs is 1. The zero-order chi connectivity index (χ0) is 22.9. The van der Waals surface area contributed by atoms with Crippen molar-refractivity contribution in [2.45, 2.75) is 69.2 Å². The van der Waals surface area contributed by atoms with Crippen LogP contribution in [0.4, 0.5) is 0 Å². The number of aromatic nitrogens is 1. The maximum atomic E-state index is 13.2. The second kappa shape index (κ2) is 9.35. The van der Waals surface area contributed by atoms with Crippen molar-refractivity contribution in [2.75, 3.05) is 13.1 Å². The first-order valence-corrected chi connectivity index (χ1v) is 13.2. The Morgan fingerprint density at radius 2 is 1.69 bits per heavy atom. The molecule has 0 atom stereocenters. The summed E-state index contributed by atoms with van der Waals surface area (Å²) in [5.74, 6) is 0.137. The van der Waals surface area contributed by atoms with Gasteiger partial charge in [-0.05, 0) is 49.8 Å².